The van der Waals surface area contributed by atoms with Gasteiger partial charge in [-0.2, -0.15) is 0 Å². The van der Waals surface area contributed by atoms with Gasteiger partial charge in [0.25, 0.3) is 0 Å². The summed E-state index contributed by atoms with van der Waals surface area (Å²) < 4.78 is 0. The van der Waals surface area contributed by atoms with Crippen LogP contribution in [0.1, 0.15) is 18.1 Å². The van der Waals surface area contributed by atoms with Gasteiger partial charge >= 0.3 is 0 Å². The number of benzene rings is 2. The van der Waals surface area contributed by atoms with Gasteiger partial charge < -0.3 is 4.98 Å². The van der Waals surface area contributed by atoms with E-state index in [9.17, 15) is 0 Å². The Labute approximate surface area is 112 Å². The minimum absolute atomic E-state index is 1.09. The third-order valence-corrected chi connectivity index (χ3v) is 3.88. The van der Waals surface area contributed by atoms with E-state index in [2.05, 4.69) is 66.5 Å². The first-order valence-corrected chi connectivity index (χ1v) is 6.68. The second kappa shape index (κ2) is 3.86. The summed E-state index contributed by atoms with van der Waals surface area (Å²) in [7, 11) is 0. The molecule has 0 saturated heterocycles. The van der Waals surface area contributed by atoms with Crippen LogP contribution in [0.5, 0.6) is 0 Å². The number of nitrogens with one attached hydrogen (secondary N) is 1. The van der Waals surface area contributed by atoms with Crippen molar-refractivity contribution >= 4 is 17.0 Å². The van der Waals surface area contributed by atoms with Gasteiger partial charge in [0.2, 0.25) is 0 Å². The number of allylic oxidation sites excluding steroid dienone is 1. The van der Waals surface area contributed by atoms with Gasteiger partial charge in [-0.1, -0.05) is 48.0 Å². The van der Waals surface area contributed by atoms with E-state index in [-0.39, 0.29) is 0 Å². The zero-order valence-electron chi connectivity index (χ0n) is 10.9. The maximum atomic E-state index is 3.53. The molecule has 92 valence electrons. The SMILES string of the molecule is CC1=Cc2c(cccc2-c2cc3ccccc3[nH]2)C1. The first kappa shape index (κ1) is 10.6. The lowest BCUT2D eigenvalue weighted by Crippen LogP contribution is -1.86. The van der Waals surface area contributed by atoms with Crippen molar-refractivity contribution in [3.63, 3.8) is 0 Å². The highest BCUT2D eigenvalue weighted by Crippen LogP contribution is 2.34. The van der Waals surface area contributed by atoms with Crippen LogP contribution in [-0.4, -0.2) is 4.98 Å². The van der Waals surface area contributed by atoms with Crippen molar-refractivity contribution < 1.29 is 0 Å². The van der Waals surface area contributed by atoms with E-state index in [0.717, 1.165) is 6.42 Å². The highest BCUT2D eigenvalue weighted by atomic mass is 14.7. The van der Waals surface area contributed by atoms with Gasteiger partial charge in [-0.15, -0.1) is 0 Å². The van der Waals surface area contributed by atoms with Crippen molar-refractivity contribution in [1.82, 2.24) is 4.98 Å². The zero-order valence-corrected chi connectivity index (χ0v) is 10.9. The molecule has 19 heavy (non-hydrogen) atoms. The maximum absolute atomic E-state index is 3.53. The van der Waals surface area contributed by atoms with E-state index in [0.29, 0.717) is 0 Å². The number of hydrogen-bond donors (Lipinski definition) is 1. The van der Waals surface area contributed by atoms with E-state index in [1.165, 1.54) is 38.9 Å². The summed E-state index contributed by atoms with van der Waals surface area (Å²) in [6, 6.07) is 17.3. The van der Waals surface area contributed by atoms with Crippen molar-refractivity contribution in [1.29, 1.82) is 0 Å². The Balaban J connectivity index is 1.96. The van der Waals surface area contributed by atoms with Crippen molar-refractivity contribution in [2.75, 3.05) is 0 Å². The fraction of sp³-hybridized carbons (Fsp3) is 0.111. The Hall–Kier alpha value is -2.28. The van der Waals surface area contributed by atoms with Gasteiger partial charge in [-0.05, 0) is 36.6 Å². The molecule has 0 spiro atoms. The molecule has 0 amide bonds. The predicted molar refractivity (Wildman–Crippen MR) is 81.1 cm³/mol. The van der Waals surface area contributed by atoms with E-state index in [4.69, 9.17) is 0 Å². The first-order chi connectivity index (χ1) is 9.31. The highest BCUT2D eigenvalue weighted by Gasteiger charge is 2.15. The lowest BCUT2D eigenvalue weighted by Gasteiger charge is -2.05. The van der Waals surface area contributed by atoms with E-state index < -0.39 is 0 Å². The third-order valence-electron chi connectivity index (χ3n) is 3.88. The molecule has 0 radical (unpaired) electrons. The van der Waals surface area contributed by atoms with Gasteiger partial charge in [0, 0.05) is 22.2 Å². The topological polar surface area (TPSA) is 15.8 Å². The predicted octanol–water partition coefficient (Wildman–Crippen LogP) is 4.79. The van der Waals surface area contributed by atoms with Crippen LogP contribution in [0.2, 0.25) is 0 Å². The van der Waals surface area contributed by atoms with Crippen LogP contribution >= 0.6 is 0 Å². The molecule has 1 nitrogen and oxygen atoms in total. The standard InChI is InChI=1S/C18H15N/c1-12-9-13-6-4-7-15(16(13)10-12)18-11-14-5-2-3-8-17(14)19-18/h2-8,10-11,19H,9H2,1H3. The molecule has 0 saturated carbocycles. The largest absolute Gasteiger partial charge is 0.355 e. The maximum Gasteiger partial charge on any atom is 0.0470 e. The van der Waals surface area contributed by atoms with Crippen LogP contribution in [0, 0.1) is 0 Å². The number of aromatic nitrogens is 1. The number of rotatable bonds is 1. The van der Waals surface area contributed by atoms with Crippen molar-refractivity contribution in [3.8, 4) is 11.3 Å². The molecule has 0 atom stereocenters. The summed E-state index contributed by atoms with van der Waals surface area (Å²) in [5, 5.41) is 1.27. The van der Waals surface area contributed by atoms with Gasteiger partial charge in [-0.25, -0.2) is 0 Å². The molecule has 0 aliphatic heterocycles. The van der Waals surface area contributed by atoms with Crippen molar-refractivity contribution in [3.05, 3.63) is 65.2 Å². The zero-order chi connectivity index (χ0) is 12.8. The molecule has 1 aliphatic rings. The first-order valence-electron chi connectivity index (χ1n) is 6.68. The molecule has 1 N–H and O–H groups in total. The fourth-order valence-electron chi connectivity index (χ4n) is 2.99. The summed E-state index contributed by atoms with van der Waals surface area (Å²) in [6.45, 7) is 2.20. The lowest BCUT2D eigenvalue weighted by molar-refractivity contribution is 1.19. The normalized spacial score (nSPS) is 13.6. The number of aromatic amines is 1. The average Bonchev–Trinajstić information content (AvgIpc) is 2.99. The van der Waals surface area contributed by atoms with Gasteiger partial charge in [0.1, 0.15) is 0 Å². The number of hydrogen-bond acceptors (Lipinski definition) is 0. The molecule has 0 bridgehead atoms. The molecule has 1 aromatic heterocycles. The molecule has 1 aliphatic carbocycles. The Bertz CT molecular complexity index is 772. The Morgan fingerprint density at radius 3 is 2.79 bits per heavy atom. The Kier molecular flexibility index (Phi) is 2.16. The second-order valence-corrected chi connectivity index (χ2v) is 5.32. The number of H-pyrrole nitrogens is 1. The van der Waals surface area contributed by atoms with Crippen LogP contribution in [0.3, 0.4) is 0 Å². The van der Waals surface area contributed by atoms with Crippen LogP contribution in [-0.2, 0) is 6.42 Å². The van der Waals surface area contributed by atoms with Crippen LogP contribution < -0.4 is 0 Å². The van der Waals surface area contributed by atoms with Crippen molar-refractivity contribution in [2.45, 2.75) is 13.3 Å². The van der Waals surface area contributed by atoms with Crippen molar-refractivity contribution in [2.24, 2.45) is 0 Å². The Morgan fingerprint density at radius 2 is 1.89 bits per heavy atom. The quantitative estimate of drug-likeness (QED) is 0.634. The molecule has 0 unspecified atom stereocenters. The molecule has 1 heterocycles. The molecule has 4 rings (SSSR count). The molecule has 3 aromatic rings. The van der Waals surface area contributed by atoms with Gasteiger partial charge in [0.05, 0.1) is 0 Å². The number of fused-ring (bicyclic) bond motifs is 2. The monoisotopic (exact) mass is 245 g/mol. The number of para-hydroxylation sites is 1. The van der Waals surface area contributed by atoms with E-state index in [1.54, 1.807) is 0 Å². The van der Waals surface area contributed by atoms with Crippen LogP contribution in [0.25, 0.3) is 28.2 Å². The molecule has 1 heteroatoms. The third kappa shape index (κ3) is 1.62. The average molecular weight is 245 g/mol. The minimum atomic E-state index is 1.09. The molecular formula is C18H15N. The summed E-state index contributed by atoms with van der Waals surface area (Å²) in [6.07, 6.45) is 3.40. The highest BCUT2D eigenvalue weighted by molar-refractivity contribution is 5.89. The van der Waals surface area contributed by atoms with Gasteiger partial charge in [0.15, 0.2) is 0 Å². The Morgan fingerprint density at radius 1 is 1.00 bits per heavy atom. The summed E-state index contributed by atoms with van der Waals surface area (Å²) >= 11 is 0. The smallest absolute Gasteiger partial charge is 0.0470 e. The minimum Gasteiger partial charge on any atom is -0.355 e. The summed E-state index contributed by atoms with van der Waals surface area (Å²) in [5.41, 5.74) is 7.99. The summed E-state index contributed by atoms with van der Waals surface area (Å²) in [4.78, 5) is 3.53. The van der Waals surface area contributed by atoms with Crippen LogP contribution in [0.15, 0.2) is 54.1 Å². The van der Waals surface area contributed by atoms with Crippen LogP contribution in [0.4, 0.5) is 0 Å². The van der Waals surface area contributed by atoms with E-state index >= 15 is 0 Å². The molecule has 2 aromatic carbocycles. The van der Waals surface area contributed by atoms with E-state index in [1.807, 2.05) is 0 Å². The fourth-order valence-corrected chi connectivity index (χ4v) is 2.99. The second-order valence-electron chi connectivity index (χ2n) is 5.32. The molecule has 0 fully saturated rings. The van der Waals surface area contributed by atoms with Gasteiger partial charge in [-0.3, -0.25) is 0 Å². The molecular weight excluding hydrogens is 230 g/mol. The lowest BCUT2D eigenvalue weighted by atomic mass is 10.0. The summed E-state index contributed by atoms with van der Waals surface area (Å²) in [5.74, 6) is 0.